The van der Waals surface area contributed by atoms with E-state index in [1.54, 1.807) is 0 Å². The predicted molar refractivity (Wildman–Crippen MR) is 88.3 cm³/mol. The summed E-state index contributed by atoms with van der Waals surface area (Å²) in [5, 5.41) is -0.0261. The summed E-state index contributed by atoms with van der Waals surface area (Å²) in [6.07, 6.45) is -2.13. The molecule has 0 bridgehead atoms. The molecule has 1 saturated heterocycles. The van der Waals surface area contributed by atoms with Crippen molar-refractivity contribution in [3.63, 3.8) is 0 Å². The predicted octanol–water partition coefficient (Wildman–Crippen LogP) is 0.137. The molecule has 2 aromatic heterocycles. The lowest BCUT2D eigenvalue weighted by Gasteiger charge is -2.19. The van der Waals surface area contributed by atoms with Gasteiger partial charge in [0.2, 0.25) is 5.95 Å². The second-order valence-electron chi connectivity index (χ2n) is 5.71. The number of halogens is 1. The average Bonchev–Trinajstić information content (AvgIpc) is 3.05. The zero-order chi connectivity index (χ0) is 19.0. The molecule has 26 heavy (non-hydrogen) atoms. The standard InChI is InChI=1S/C14H16ClN5O6/c1-5(21)24-4-7-3-8(25-6(2)22)12(26-7)20-11-9(17-14(20)23)10(15)18-13(16)19-11/h7-8,12H,3-4H2,1-2H3,(H,17,23)(H2,16,18,19)/t7-,8+,12+/m0/s1. The van der Waals surface area contributed by atoms with Crippen molar-refractivity contribution in [2.75, 3.05) is 12.3 Å². The van der Waals surface area contributed by atoms with E-state index in [2.05, 4.69) is 15.0 Å². The summed E-state index contributed by atoms with van der Waals surface area (Å²) in [5.41, 5.74) is 5.31. The molecule has 1 aliphatic rings. The number of H-pyrrole nitrogens is 1. The van der Waals surface area contributed by atoms with Gasteiger partial charge in [0, 0.05) is 20.3 Å². The minimum atomic E-state index is -0.994. The Morgan fingerprint density at radius 1 is 1.38 bits per heavy atom. The van der Waals surface area contributed by atoms with Crippen molar-refractivity contribution >= 4 is 40.7 Å². The number of rotatable bonds is 4. The Hall–Kier alpha value is -2.66. The number of nitrogens with zero attached hydrogens (tertiary/aromatic N) is 3. The lowest BCUT2D eigenvalue weighted by molar-refractivity contribution is -0.153. The monoisotopic (exact) mass is 385 g/mol. The topological polar surface area (TPSA) is 151 Å². The fourth-order valence-corrected chi connectivity index (χ4v) is 3.02. The van der Waals surface area contributed by atoms with Crippen molar-refractivity contribution in [3.8, 4) is 0 Å². The number of fused-ring (bicyclic) bond motifs is 1. The molecule has 0 aromatic carbocycles. The number of hydrogen-bond donors (Lipinski definition) is 2. The molecule has 3 N–H and O–H groups in total. The third-order valence-electron chi connectivity index (χ3n) is 3.73. The van der Waals surface area contributed by atoms with Gasteiger partial charge < -0.3 is 24.9 Å². The molecule has 3 atom stereocenters. The van der Waals surface area contributed by atoms with Crippen LogP contribution >= 0.6 is 11.6 Å². The largest absolute Gasteiger partial charge is 0.463 e. The Labute approximate surface area is 151 Å². The van der Waals surface area contributed by atoms with E-state index in [4.69, 9.17) is 31.5 Å². The fraction of sp³-hybridized carbons (Fsp3) is 0.500. The SMILES string of the molecule is CC(=O)OC[C@@H]1C[C@@H](OC(C)=O)[C@H](n2c(=O)[nH]c3c(Cl)nc(N)nc32)O1. The van der Waals surface area contributed by atoms with Gasteiger partial charge in [-0.2, -0.15) is 9.97 Å². The van der Waals surface area contributed by atoms with Crippen LogP contribution in [-0.4, -0.2) is 50.3 Å². The van der Waals surface area contributed by atoms with E-state index in [-0.39, 0.29) is 35.3 Å². The number of anilines is 1. The first kappa shape index (κ1) is 18.1. The van der Waals surface area contributed by atoms with E-state index < -0.39 is 36.1 Å². The number of nitrogen functional groups attached to an aromatic ring is 1. The minimum absolute atomic E-state index is 0.0261. The summed E-state index contributed by atoms with van der Waals surface area (Å²) in [6, 6.07) is 0. The molecule has 11 nitrogen and oxygen atoms in total. The van der Waals surface area contributed by atoms with Gasteiger partial charge in [0.05, 0.1) is 6.10 Å². The maximum atomic E-state index is 12.4. The molecule has 0 unspecified atom stereocenters. The Morgan fingerprint density at radius 2 is 2.12 bits per heavy atom. The quantitative estimate of drug-likeness (QED) is 0.552. The average molecular weight is 386 g/mol. The molecule has 1 aliphatic heterocycles. The normalized spacial score (nSPS) is 22.5. The first-order valence-electron chi connectivity index (χ1n) is 7.65. The van der Waals surface area contributed by atoms with Crippen molar-refractivity contribution < 1.29 is 23.8 Å². The number of hydrogen-bond acceptors (Lipinski definition) is 9. The Bertz CT molecular complexity index is 924. The smallest absolute Gasteiger partial charge is 0.330 e. The summed E-state index contributed by atoms with van der Waals surface area (Å²) in [7, 11) is 0. The van der Waals surface area contributed by atoms with Crippen LogP contribution in [0.4, 0.5) is 5.95 Å². The highest BCUT2D eigenvalue weighted by atomic mass is 35.5. The number of aromatic amines is 1. The van der Waals surface area contributed by atoms with Crippen molar-refractivity contribution in [3.05, 3.63) is 15.6 Å². The van der Waals surface area contributed by atoms with Crippen molar-refractivity contribution in [2.24, 2.45) is 0 Å². The van der Waals surface area contributed by atoms with Gasteiger partial charge in [0.25, 0.3) is 0 Å². The Morgan fingerprint density at radius 3 is 2.77 bits per heavy atom. The molecule has 2 aromatic rings. The van der Waals surface area contributed by atoms with Crippen LogP contribution in [-0.2, 0) is 23.8 Å². The Kier molecular flexibility index (Phi) is 4.83. The van der Waals surface area contributed by atoms with Gasteiger partial charge >= 0.3 is 17.6 Å². The number of nitrogens with two attached hydrogens (primary N) is 1. The summed E-state index contributed by atoms with van der Waals surface area (Å²) in [6.45, 7) is 2.46. The molecule has 0 aliphatic carbocycles. The van der Waals surface area contributed by atoms with Crippen molar-refractivity contribution in [1.29, 1.82) is 0 Å². The first-order valence-corrected chi connectivity index (χ1v) is 8.03. The highest BCUT2D eigenvalue weighted by molar-refractivity contribution is 6.33. The van der Waals surface area contributed by atoms with Crippen LogP contribution in [0.15, 0.2) is 4.79 Å². The van der Waals surface area contributed by atoms with Crippen LogP contribution in [0.1, 0.15) is 26.5 Å². The molecule has 0 saturated carbocycles. The molecule has 140 valence electrons. The fourth-order valence-electron chi connectivity index (χ4n) is 2.80. The summed E-state index contributed by atoms with van der Waals surface area (Å²) in [4.78, 5) is 45.2. The van der Waals surface area contributed by atoms with E-state index >= 15 is 0 Å². The van der Waals surface area contributed by atoms with Gasteiger partial charge in [-0.15, -0.1) is 0 Å². The van der Waals surface area contributed by atoms with E-state index in [1.807, 2.05) is 0 Å². The third-order valence-corrected chi connectivity index (χ3v) is 4.00. The second kappa shape index (κ2) is 6.92. The number of aromatic nitrogens is 4. The van der Waals surface area contributed by atoms with E-state index in [0.29, 0.717) is 0 Å². The zero-order valence-corrected chi connectivity index (χ0v) is 14.6. The van der Waals surface area contributed by atoms with Crippen LogP contribution in [0, 0.1) is 0 Å². The first-order chi connectivity index (χ1) is 12.3. The van der Waals surface area contributed by atoms with E-state index in [9.17, 15) is 14.4 Å². The maximum absolute atomic E-state index is 12.4. The van der Waals surface area contributed by atoms with Gasteiger partial charge in [-0.05, 0) is 0 Å². The number of imidazole rings is 1. The van der Waals surface area contributed by atoms with Gasteiger partial charge in [-0.1, -0.05) is 11.6 Å². The van der Waals surface area contributed by atoms with Crippen LogP contribution in [0.25, 0.3) is 11.2 Å². The van der Waals surface area contributed by atoms with Crippen LogP contribution in [0.3, 0.4) is 0 Å². The number of esters is 2. The van der Waals surface area contributed by atoms with Crippen molar-refractivity contribution in [2.45, 2.75) is 38.7 Å². The molecule has 3 rings (SSSR count). The number of carbonyl (C=O) groups is 2. The molecule has 0 spiro atoms. The molecule has 12 heteroatoms. The van der Waals surface area contributed by atoms with E-state index in [0.717, 1.165) is 4.57 Å². The van der Waals surface area contributed by atoms with Gasteiger partial charge in [0.15, 0.2) is 17.0 Å². The van der Waals surface area contributed by atoms with Gasteiger partial charge in [-0.3, -0.25) is 9.59 Å². The molecule has 1 fully saturated rings. The molecule has 3 heterocycles. The highest BCUT2D eigenvalue weighted by Gasteiger charge is 2.41. The summed E-state index contributed by atoms with van der Waals surface area (Å²) >= 11 is 5.99. The molecule has 0 radical (unpaired) electrons. The molecular weight excluding hydrogens is 370 g/mol. The lowest BCUT2D eigenvalue weighted by atomic mass is 10.2. The van der Waals surface area contributed by atoms with Crippen molar-refractivity contribution in [1.82, 2.24) is 19.5 Å². The van der Waals surface area contributed by atoms with E-state index in [1.165, 1.54) is 13.8 Å². The second-order valence-corrected chi connectivity index (χ2v) is 6.06. The van der Waals surface area contributed by atoms with Gasteiger partial charge in [-0.25, -0.2) is 9.36 Å². The number of carbonyl (C=O) groups excluding carboxylic acids is 2. The third kappa shape index (κ3) is 3.48. The highest BCUT2D eigenvalue weighted by Crippen LogP contribution is 2.33. The minimum Gasteiger partial charge on any atom is -0.463 e. The molecule has 0 amide bonds. The lowest BCUT2D eigenvalue weighted by Crippen LogP contribution is -2.31. The summed E-state index contributed by atoms with van der Waals surface area (Å²) in [5.74, 6) is -1.15. The van der Waals surface area contributed by atoms with Crippen LogP contribution in [0.5, 0.6) is 0 Å². The zero-order valence-electron chi connectivity index (χ0n) is 13.9. The number of ether oxygens (including phenoxy) is 3. The summed E-state index contributed by atoms with van der Waals surface area (Å²) < 4.78 is 17.1. The van der Waals surface area contributed by atoms with Gasteiger partial charge in [0.1, 0.15) is 18.2 Å². The Balaban J connectivity index is 2.00. The number of nitrogens with one attached hydrogen (secondary N) is 1. The molecular formula is C14H16ClN5O6. The maximum Gasteiger partial charge on any atom is 0.330 e. The van der Waals surface area contributed by atoms with Crippen LogP contribution in [0.2, 0.25) is 5.15 Å². The van der Waals surface area contributed by atoms with Crippen LogP contribution < -0.4 is 11.4 Å².